The monoisotopic (exact) mass is 208 g/mol. The summed E-state index contributed by atoms with van der Waals surface area (Å²) in [4.78, 5) is 4.17. The minimum absolute atomic E-state index is 0.397. The van der Waals surface area contributed by atoms with Gasteiger partial charge in [-0.25, -0.2) is 0 Å². The number of nitrogens with zero attached hydrogens (tertiary/aromatic N) is 1. The summed E-state index contributed by atoms with van der Waals surface area (Å²) in [6, 6.07) is 0. The van der Waals surface area contributed by atoms with Crippen molar-refractivity contribution in [2.75, 3.05) is 7.05 Å². The Morgan fingerprint density at radius 1 is 1.40 bits per heavy atom. The van der Waals surface area contributed by atoms with E-state index in [0.717, 1.165) is 24.6 Å². The molecule has 1 rings (SSSR count). The van der Waals surface area contributed by atoms with Crippen molar-refractivity contribution in [2.24, 2.45) is 16.3 Å². The van der Waals surface area contributed by atoms with Crippen molar-refractivity contribution in [3.8, 4) is 0 Å². The molecule has 2 nitrogen and oxygen atoms in total. The van der Waals surface area contributed by atoms with Crippen LogP contribution in [0.1, 0.15) is 47.0 Å². The molecular weight excluding hydrogens is 184 g/mol. The molecule has 0 fully saturated rings. The van der Waals surface area contributed by atoms with Gasteiger partial charge in [-0.2, -0.15) is 0 Å². The molecule has 0 aliphatic carbocycles. The molecule has 86 valence electrons. The predicted molar refractivity (Wildman–Crippen MR) is 67.0 cm³/mol. The molecule has 0 bridgehead atoms. The molecule has 2 heteroatoms. The maximum absolute atomic E-state index is 4.17. The van der Waals surface area contributed by atoms with Gasteiger partial charge in [0.05, 0.1) is 0 Å². The van der Waals surface area contributed by atoms with Crippen molar-refractivity contribution < 1.29 is 0 Å². The third-order valence-corrected chi connectivity index (χ3v) is 3.64. The van der Waals surface area contributed by atoms with Gasteiger partial charge in [0, 0.05) is 19.7 Å². The van der Waals surface area contributed by atoms with Crippen LogP contribution in [0.25, 0.3) is 0 Å². The first-order valence-electron chi connectivity index (χ1n) is 5.86. The van der Waals surface area contributed by atoms with Gasteiger partial charge in [-0.05, 0) is 24.2 Å². The Balaban J connectivity index is 2.58. The van der Waals surface area contributed by atoms with Gasteiger partial charge in [0.15, 0.2) is 0 Å². The highest BCUT2D eigenvalue weighted by molar-refractivity contribution is 5.84. The summed E-state index contributed by atoms with van der Waals surface area (Å²) in [6.45, 7) is 9.30. The molecule has 15 heavy (non-hydrogen) atoms. The number of aliphatic imine (C=N–C) groups is 1. The molecule has 0 amide bonds. The summed E-state index contributed by atoms with van der Waals surface area (Å²) in [5, 5.41) is 3.27. The molecule has 1 N–H and O–H groups in total. The molecule has 0 atom stereocenters. The zero-order valence-corrected chi connectivity index (χ0v) is 10.7. The van der Waals surface area contributed by atoms with Crippen LogP contribution >= 0.6 is 0 Å². The SMILES string of the molecule is CN=C1CCC(CC(C)(C)C(C)C)=CN1. The molecule has 0 aromatic heterocycles. The number of hydrogen-bond donors (Lipinski definition) is 1. The standard InChI is InChI=1S/C13H24N2/c1-10(2)13(3,4)8-11-6-7-12(14-5)15-9-11/h9-10H,6-8H2,1-5H3,(H,14,15). The predicted octanol–water partition coefficient (Wildman–Crippen LogP) is 3.35. The number of nitrogens with one attached hydrogen (secondary N) is 1. The lowest BCUT2D eigenvalue weighted by atomic mass is 9.75. The van der Waals surface area contributed by atoms with Crippen molar-refractivity contribution in [3.63, 3.8) is 0 Å². The van der Waals surface area contributed by atoms with Crippen LogP contribution < -0.4 is 5.32 Å². The Hall–Kier alpha value is -0.790. The van der Waals surface area contributed by atoms with Gasteiger partial charge in [-0.1, -0.05) is 33.3 Å². The van der Waals surface area contributed by atoms with E-state index in [9.17, 15) is 0 Å². The van der Waals surface area contributed by atoms with Crippen LogP contribution in [-0.4, -0.2) is 12.9 Å². The zero-order chi connectivity index (χ0) is 11.5. The van der Waals surface area contributed by atoms with Crippen LogP contribution in [0.5, 0.6) is 0 Å². The van der Waals surface area contributed by atoms with Gasteiger partial charge < -0.3 is 5.32 Å². The topological polar surface area (TPSA) is 24.4 Å². The highest BCUT2D eigenvalue weighted by atomic mass is 15.0. The van der Waals surface area contributed by atoms with Gasteiger partial charge in [-0.15, -0.1) is 0 Å². The second-order valence-electron chi connectivity index (χ2n) is 5.44. The van der Waals surface area contributed by atoms with Crippen molar-refractivity contribution in [1.29, 1.82) is 0 Å². The fraction of sp³-hybridized carbons (Fsp3) is 0.769. The summed E-state index contributed by atoms with van der Waals surface area (Å²) in [7, 11) is 1.85. The van der Waals surface area contributed by atoms with Crippen LogP contribution in [0.3, 0.4) is 0 Å². The largest absolute Gasteiger partial charge is 0.351 e. The van der Waals surface area contributed by atoms with Crippen LogP contribution in [-0.2, 0) is 0 Å². The van der Waals surface area contributed by atoms with E-state index in [1.807, 2.05) is 7.05 Å². The third kappa shape index (κ3) is 3.37. The Morgan fingerprint density at radius 2 is 2.07 bits per heavy atom. The summed E-state index contributed by atoms with van der Waals surface area (Å²) in [5.41, 5.74) is 1.93. The minimum atomic E-state index is 0.397. The van der Waals surface area contributed by atoms with E-state index in [4.69, 9.17) is 0 Å². The van der Waals surface area contributed by atoms with Gasteiger partial charge in [0.25, 0.3) is 0 Å². The number of hydrogen-bond acceptors (Lipinski definition) is 1. The van der Waals surface area contributed by atoms with Gasteiger partial charge in [-0.3, -0.25) is 4.99 Å². The Kier molecular flexibility index (Phi) is 3.95. The molecule has 0 aromatic rings. The second-order valence-corrected chi connectivity index (χ2v) is 5.44. The quantitative estimate of drug-likeness (QED) is 0.755. The van der Waals surface area contributed by atoms with Gasteiger partial charge in [0.1, 0.15) is 5.84 Å². The van der Waals surface area contributed by atoms with Crippen LogP contribution in [0.15, 0.2) is 16.8 Å². The molecule has 1 heterocycles. The molecule has 0 aromatic carbocycles. The lowest BCUT2D eigenvalue weighted by Gasteiger charge is -2.31. The first-order chi connectivity index (χ1) is 6.95. The fourth-order valence-electron chi connectivity index (χ4n) is 1.71. The first kappa shape index (κ1) is 12.3. The number of allylic oxidation sites excluding steroid dienone is 1. The summed E-state index contributed by atoms with van der Waals surface area (Å²) >= 11 is 0. The van der Waals surface area contributed by atoms with Crippen molar-refractivity contribution >= 4 is 5.84 Å². The maximum Gasteiger partial charge on any atom is 0.100 e. The summed E-state index contributed by atoms with van der Waals surface area (Å²) < 4.78 is 0. The van der Waals surface area contributed by atoms with E-state index in [-0.39, 0.29) is 0 Å². The van der Waals surface area contributed by atoms with E-state index in [1.54, 1.807) is 0 Å². The zero-order valence-electron chi connectivity index (χ0n) is 10.7. The highest BCUT2D eigenvalue weighted by Gasteiger charge is 2.24. The van der Waals surface area contributed by atoms with Crippen LogP contribution in [0.2, 0.25) is 0 Å². The molecule has 0 spiro atoms. The molecule has 0 saturated carbocycles. The molecule has 0 unspecified atom stereocenters. The van der Waals surface area contributed by atoms with Crippen molar-refractivity contribution in [2.45, 2.75) is 47.0 Å². The molecule has 1 aliphatic heterocycles. The van der Waals surface area contributed by atoms with Gasteiger partial charge >= 0.3 is 0 Å². The lowest BCUT2D eigenvalue weighted by molar-refractivity contribution is 0.245. The van der Waals surface area contributed by atoms with Crippen molar-refractivity contribution in [3.05, 3.63) is 11.8 Å². The third-order valence-electron chi connectivity index (χ3n) is 3.64. The maximum atomic E-state index is 4.17. The fourth-order valence-corrected chi connectivity index (χ4v) is 1.71. The smallest absolute Gasteiger partial charge is 0.100 e. The highest BCUT2D eigenvalue weighted by Crippen LogP contribution is 2.34. The first-order valence-corrected chi connectivity index (χ1v) is 5.86. The summed E-state index contributed by atoms with van der Waals surface area (Å²) in [6.07, 6.45) is 5.57. The molecule has 1 aliphatic rings. The Bertz CT molecular complexity index is 272. The number of rotatable bonds is 3. The minimum Gasteiger partial charge on any atom is -0.351 e. The second kappa shape index (κ2) is 4.82. The Morgan fingerprint density at radius 3 is 2.47 bits per heavy atom. The lowest BCUT2D eigenvalue weighted by Crippen LogP contribution is -2.26. The van der Waals surface area contributed by atoms with E-state index in [0.29, 0.717) is 5.41 Å². The van der Waals surface area contributed by atoms with E-state index < -0.39 is 0 Å². The van der Waals surface area contributed by atoms with E-state index in [1.165, 1.54) is 12.0 Å². The van der Waals surface area contributed by atoms with Gasteiger partial charge in [0.2, 0.25) is 0 Å². The molecule has 0 radical (unpaired) electrons. The average molecular weight is 208 g/mol. The van der Waals surface area contributed by atoms with Crippen molar-refractivity contribution in [1.82, 2.24) is 5.32 Å². The van der Waals surface area contributed by atoms with E-state index >= 15 is 0 Å². The normalized spacial score (nSPS) is 20.4. The molecular formula is C13H24N2. The van der Waals surface area contributed by atoms with Crippen LogP contribution in [0.4, 0.5) is 0 Å². The van der Waals surface area contributed by atoms with Crippen LogP contribution in [0, 0.1) is 11.3 Å². The average Bonchev–Trinajstić information content (AvgIpc) is 2.18. The summed E-state index contributed by atoms with van der Waals surface area (Å²) in [5.74, 6) is 1.83. The number of amidine groups is 1. The Labute approximate surface area is 93.9 Å². The van der Waals surface area contributed by atoms with E-state index in [2.05, 4.69) is 44.2 Å². The molecule has 0 saturated heterocycles.